The smallest absolute Gasteiger partial charge is 0.413 e. The first-order valence-electron chi connectivity index (χ1n) is 10.3. The Labute approximate surface area is 182 Å². The largest absolute Gasteiger partial charge is 0.474 e. The summed E-state index contributed by atoms with van der Waals surface area (Å²) in [5, 5.41) is 23.8. The van der Waals surface area contributed by atoms with Crippen LogP contribution in [0.15, 0.2) is 24.5 Å². The van der Waals surface area contributed by atoms with Crippen LogP contribution in [0.3, 0.4) is 0 Å². The maximum absolute atomic E-state index is 15.3. The zero-order valence-electron chi connectivity index (χ0n) is 17.3. The summed E-state index contributed by atoms with van der Waals surface area (Å²) >= 11 is 0. The van der Waals surface area contributed by atoms with E-state index in [-0.39, 0.29) is 17.1 Å². The Balaban J connectivity index is 1.65. The predicted molar refractivity (Wildman–Crippen MR) is 118 cm³/mol. The van der Waals surface area contributed by atoms with Gasteiger partial charge in [-0.1, -0.05) is 0 Å². The summed E-state index contributed by atoms with van der Waals surface area (Å²) in [4.78, 5) is 21.4. The number of halogens is 1. The monoisotopic (exact) mass is 439 g/mol. The summed E-state index contributed by atoms with van der Waals surface area (Å²) in [5.41, 5.74) is 8.30. The van der Waals surface area contributed by atoms with Gasteiger partial charge in [0.15, 0.2) is 5.82 Å². The maximum atomic E-state index is 15.3. The van der Waals surface area contributed by atoms with Gasteiger partial charge in [-0.05, 0) is 42.8 Å². The second-order valence-electron chi connectivity index (χ2n) is 8.03. The highest BCUT2D eigenvalue weighted by Crippen LogP contribution is 2.40. The molecule has 3 aromatic rings. The topological polar surface area (TPSA) is 134 Å². The molecular weight excluding hydrogens is 417 g/mol. The highest BCUT2D eigenvalue weighted by molar-refractivity contribution is 6.00. The molecule has 1 saturated carbocycles. The SMILES string of the molecule is Cc1c(-c2cc3cc(N(C(=O)O)[C@@H]4CC[C@@H]4O)ncc3c(N)c2F)cnc2c1NCCO2. The first-order chi connectivity index (χ1) is 15.4. The van der Waals surface area contributed by atoms with Crippen LogP contribution in [-0.4, -0.2) is 51.6 Å². The number of nitrogens with two attached hydrogens (primary N) is 1. The van der Waals surface area contributed by atoms with Gasteiger partial charge in [-0.3, -0.25) is 4.90 Å². The van der Waals surface area contributed by atoms with Crippen LogP contribution in [0.1, 0.15) is 18.4 Å². The van der Waals surface area contributed by atoms with Crippen LogP contribution in [0.25, 0.3) is 21.9 Å². The second-order valence-corrected chi connectivity index (χ2v) is 8.03. The van der Waals surface area contributed by atoms with E-state index in [2.05, 4.69) is 15.3 Å². The summed E-state index contributed by atoms with van der Waals surface area (Å²) in [6.45, 7) is 2.97. The van der Waals surface area contributed by atoms with Crippen LogP contribution in [0, 0.1) is 12.7 Å². The van der Waals surface area contributed by atoms with Gasteiger partial charge in [-0.25, -0.2) is 19.2 Å². The van der Waals surface area contributed by atoms with Crippen molar-refractivity contribution in [2.75, 3.05) is 29.1 Å². The van der Waals surface area contributed by atoms with E-state index in [9.17, 15) is 15.0 Å². The lowest BCUT2D eigenvalue weighted by Crippen LogP contribution is -2.53. The van der Waals surface area contributed by atoms with Gasteiger partial charge in [0.05, 0.1) is 17.8 Å². The minimum absolute atomic E-state index is 0.0802. The van der Waals surface area contributed by atoms with E-state index in [1.54, 1.807) is 18.3 Å². The third-order valence-electron chi connectivity index (χ3n) is 6.21. The van der Waals surface area contributed by atoms with Crippen LogP contribution in [-0.2, 0) is 0 Å². The normalized spacial score (nSPS) is 19.5. The van der Waals surface area contributed by atoms with Crippen molar-refractivity contribution in [1.82, 2.24) is 9.97 Å². The molecular formula is C22H22FN5O4. The molecule has 2 aromatic heterocycles. The van der Waals surface area contributed by atoms with Gasteiger partial charge in [-0.15, -0.1) is 0 Å². The Bertz CT molecular complexity index is 1250. The van der Waals surface area contributed by atoms with Crippen molar-refractivity contribution in [3.63, 3.8) is 0 Å². The minimum Gasteiger partial charge on any atom is -0.474 e. The van der Waals surface area contributed by atoms with Gasteiger partial charge < -0.3 is 26.0 Å². The molecule has 0 bridgehead atoms. The molecule has 166 valence electrons. The average Bonchev–Trinajstić information content (AvgIpc) is 2.79. The van der Waals surface area contributed by atoms with Crippen LogP contribution in [0.4, 0.5) is 26.4 Å². The number of nitrogens with one attached hydrogen (secondary N) is 1. The zero-order chi connectivity index (χ0) is 22.6. The number of pyridine rings is 2. The molecule has 2 atom stereocenters. The summed E-state index contributed by atoms with van der Waals surface area (Å²) in [6.07, 6.45) is 2.03. The van der Waals surface area contributed by atoms with Crippen molar-refractivity contribution in [3.05, 3.63) is 35.9 Å². The third kappa shape index (κ3) is 3.06. The van der Waals surface area contributed by atoms with Crippen LogP contribution < -0.4 is 20.7 Å². The first-order valence-corrected chi connectivity index (χ1v) is 10.3. The summed E-state index contributed by atoms with van der Waals surface area (Å²) in [5.74, 6) is 0.0218. The number of amides is 1. The number of aliphatic hydroxyl groups is 1. The van der Waals surface area contributed by atoms with Crippen LogP contribution in [0.5, 0.6) is 5.88 Å². The van der Waals surface area contributed by atoms with E-state index in [1.165, 1.54) is 6.20 Å². The predicted octanol–water partition coefficient (Wildman–Crippen LogP) is 3.14. The standard InChI is InChI=1S/C22H22FN5O4/c1-10-13(8-27-21-20(10)25-4-5-32-21)12-6-11-7-17(26-9-14(11)19(24)18(12)23)28(22(30)31)15-2-3-16(15)29/h6-9,15-16,25,29H,2-5,24H2,1H3,(H,30,31)/t15-,16+/m1/s1. The van der Waals surface area contributed by atoms with Gasteiger partial charge in [0.25, 0.3) is 0 Å². The number of fused-ring (bicyclic) bond motifs is 2. The molecule has 5 rings (SSSR count). The maximum Gasteiger partial charge on any atom is 0.413 e. The number of aromatic nitrogens is 2. The van der Waals surface area contributed by atoms with Gasteiger partial charge >= 0.3 is 6.09 Å². The number of nitrogens with zero attached hydrogens (tertiary/aromatic N) is 3. The van der Waals surface area contributed by atoms with E-state index in [0.717, 1.165) is 10.5 Å². The molecule has 9 nitrogen and oxygen atoms in total. The minimum atomic E-state index is -1.21. The fraction of sp³-hybridized carbons (Fsp3) is 0.318. The van der Waals surface area contributed by atoms with E-state index >= 15 is 4.39 Å². The van der Waals surface area contributed by atoms with Gasteiger partial charge in [0, 0.05) is 35.5 Å². The Kier molecular flexibility index (Phi) is 4.74. The van der Waals surface area contributed by atoms with E-state index in [0.29, 0.717) is 53.9 Å². The van der Waals surface area contributed by atoms with Crippen molar-refractivity contribution in [2.24, 2.45) is 0 Å². The van der Waals surface area contributed by atoms with Gasteiger partial charge in [0.1, 0.15) is 18.1 Å². The molecule has 1 aromatic carbocycles. The van der Waals surface area contributed by atoms with Crippen molar-refractivity contribution >= 4 is 34.1 Å². The first kappa shape index (κ1) is 20.3. The molecule has 32 heavy (non-hydrogen) atoms. The number of carbonyl (C=O) groups is 1. The van der Waals surface area contributed by atoms with Crippen LogP contribution in [0.2, 0.25) is 0 Å². The zero-order valence-corrected chi connectivity index (χ0v) is 17.3. The molecule has 10 heteroatoms. The molecule has 0 spiro atoms. The number of hydrogen-bond donors (Lipinski definition) is 4. The fourth-order valence-corrected chi connectivity index (χ4v) is 4.28. The van der Waals surface area contributed by atoms with Crippen molar-refractivity contribution in [2.45, 2.75) is 31.9 Å². The van der Waals surface area contributed by atoms with Crippen molar-refractivity contribution in [3.8, 4) is 17.0 Å². The molecule has 1 aliphatic heterocycles. The van der Waals surface area contributed by atoms with Gasteiger partial charge in [0.2, 0.25) is 5.88 Å². The molecule has 2 aliphatic rings. The lowest BCUT2D eigenvalue weighted by molar-refractivity contribution is 0.0632. The van der Waals surface area contributed by atoms with E-state index in [1.807, 2.05) is 6.92 Å². The number of ether oxygens (including phenoxy) is 1. The molecule has 5 N–H and O–H groups in total. The number of hydrogen-bond acceptors (Lipinski definition) is 7. The number of carboxylic acid groups (broad SMARTS) is 1. The summed E-state index contributed by atoms with van der Waals surface area (Å²) in [7, 11) is 0. The quantitative estimate of drug-likeness (QED) is 0.458. The molecule has 0 unspecified atom stereocenters. The van der Waals surface area contributed by atoms with Crippen molar-refractivity contribution < 1.29 is 24.1 Å². The second kappa shape index (κ2) is 7.49. The Morgan fingerprint density at radius 3 is 2.78 bits per heavy atom. The number of rotatable bonds is 3. The molecule has 0 saturated heterocycles. The Morgan fingerprint density at radius 2 is 2.09 bits per heavy atom. The highest BCUT2D eigenvalue weighted by atomic mass is 19.1. The highest BCUT2D eigenvalue weighted by Gasteiger charge is 2.38. The Morgan fingerprint density at radius 1 is 1.28 bits per heavy atom. The van der Waals surface area contributed by atoms with E-state index in [4.69, 9.17) is 10.5 Å². The van der Waals surface area contributed by atoms with E-state index < -0.39 is 24.1 Å². The number of anilines is 3. The van der Waals surface area contributed by atoms with Gasteiger partial charge in [-0.2, -0.15) is 0 Å². The molecule has 0 radical (unpaired) electrons. The third-order valence-corrected chi connectivity index (χ3v) is 6.21. The number of aliphatic hydroxyl groups excluding tert-OH is 1. The molecule has 3 heterocycles. The lowest BCUT2D eigenvalue weighted by atomic mass is 9.88. The molecule has 1 aliphatic carbocycles. The summed E-state index contributed by atoms with van der Waals surface area (Å²) < 4.78 is 20.8. The molecule has 1 amide bonds. The van der Waals surface area contributed by atoms with Crippen LogP contribution >= 0.6 is 0 Å². The lowest BCUT2D eigenvalue weighted by Gasteiger charge is -2.39. The Hall–Kier alpha value is -3.66. The fourth-order valence-electron chi connectivity index (χ4n) is 4.28. The molecule has 1 fully saturated rings. The number of nitrogen functional groups attached to an aromatic ring is 1. The average molecular weight is 439 g/mol. The number of benzene rings is 1. The van der Waals surface area contributed by atoms with Crippen molar-refractivity contribution in [1.29, 1.82) is 0 Å². The summed E-state index contributed by atoms with van der Waals surface area (Å²) in [6, 6.07) is 2.60.